The SMILES string of the molecule is Cc1cc(N2CCN(C(=O)c3ccc(N=C(N)c4cc(C(C)C)c(O)cc4O)cc3)CC2)cc(C)c1O. The van der Waals surface area contributed by atoms with E-state index in [4.69, 9.17) is 5.73 Å². The molecular formula is C29H34N4O4. The maximum Gasteiger partial charge on any atom is 0.253 e. The molecule has 37 heavy (non-hydrogen) atoms. The maximum absolute atomic E-state index is 13.1. The molecule has 0 bridgehead atoms. The Morgan fingerprint density at radius 1 is 0.892 bits per heavy atom. The van der Waals surface area contributed by atoms with Crippen LogP contribution in [0.3, 0.4) is 0 Å². The lowest BCUT2D eigenvalue weighted by Crippen LogP contribution is -2.48. The van der Waals surface area contributed by atoms with Gasteiger partial charge in [-0.05, 0) is 78.9 Å². The highest BCUT2D eigenvalue weighted by atomic mass is 16.3. The van der Waals surface area contributed by atoms with Gasteiger partial charge in [0.25, 0.3) is 5.91 Å². The molecule has 1 aliphatic heterocycles. The van der Waals surface area contributed by atoms with Crippen LogP contribution in [0.25, 0.3) is 0 Å². The number of amides is 1. The fourth-order valence-corrected chi connectivity index (χ4v) is 4.61. The molecule has 1 heterocycles. The van der Waals surface area contributed by atoms with Crippen molar-refractivity contribution in [1.82, 2.24) is 4.90 Å². The van der Waals surface area contributed by atoms with E-state index in [2.05, 4.69) is 9.89 Å². The van der Waals surface area contributed by atoms with Crippen LogP contribution >= 0.6 is 0 Å². The van der Waals surface area contributed by atoms with Crippen LogP contribution in [0, 0.1) is 13.8 Å². The summed E-state index contributed by atoms with van der Waals surface area (Å²) < 4.78 is 0. The number of carbonyl (C=O) groups is 1. The zero-order valence-corrected chi connectivity index (χ0v) is 21.7. The summed E-state index contributed by atoms with van der Waals surface area (Å²) in [7, 11) is 0. The van der Waals surface area contributed by atoms with Crippen LogP contribution in [0.4, 0.5) is 11.4 Å². The molecule has 0 radical (unpaired) electrons. The van der Waals surface area contributed by atoms with Gasteiger partial charge < -0.3 is 30.9 Å². The lowest BCUT2D eigenvalue weighted by atomic mass is 9.98. The van der Waals surface area contributed by atoms with Gasteiger partial charge in [0, 0.05) is 43.5 Å². The molecule has 8 heteroatoms. The van der Waals surface area contributed by atoms with E-state index >= 15 is 0 Å². The van der Waals surface area contributed by atoms with Gasteiger partial charge in [-0.2, -0.15) is 0 Å². The van der Waals surface area contributed by atoms with Crippen molar-refractivity contribution in [3.8, 4) is 17.2 Å². The molecule has 0 spiro atoms. The molecule has 1 fully saturated rings. The fraction of sp³-hybridized carbons (Fsp3) is 0.310. The predicted octanol–water partition coefficient (Wildman–Crippen LogP) is 4.54. The highest BCUT2D eigenvalue weighted by molar-refractivity contribution is 6.02. The average Bonchev–Trinajstić information content (AvgIpc) is 2.87. The quantitative estimate of drug-likeness (QED) is 0.300. The number of carbonyl (C=O) groups excluding carboxylic acids is 1. The minimum Gasteiger partial charge on any atom is -0.508 e. The van der Waals surface area contributed by atoms with Crippen molar-refractivity contribution < 1.29 is 20.1 Å². The molecule has 5 N–H and O–H groups in total. The number of phenols is 3. The van der Waals surface area contributed by atoms with Crippen LogP contribution < -0.4 is 10.6 Å². The number of amidine groups is 1. The number of hydrogen-bond acceptors (Lipinski definition) is 6. The molecule has 3 aromatic rings. The number of rotatable bonds is 5. The molecule has 0 aromatic heterocycles. The van der Waals surface area contributed by atoms with Gasteiger partial charge in [-0.15, -0.1) is 0 Å². The molecule has 8 nitrogen and oxygen atoms in total. The molecule has 0 saturated carbocycles. The number of aliphatic imine (C=N–C) groups is 1. The maximum atomic E-state index is 13.1. The highest BCUT2D eigenvalue weighted by Crippen LogP contribution is 2.33. The molecule has 0 aliphatic carbocycles. The summed E-state index contributed by atoms with van der Waals surface area (Å²) >= 11 is 0. The van der Waals surface area contributed by atoms with Gasteiger partial charge >= 0.3 is 0 Å². The third-order valence-electron chi connectivity index (χ3n) is 6.81. The van der Waals surface area contributed by atoms with Gasteiger partial charge in [-0.3, -0.25) is 4.79 Å². The molecule has 194 valence electrons. The van der Waals surface area contributed by atoms with E-state index in [1.54, 1.807) is 30.3 Å². The smallest absolute Gasteiger partial charge is 0.253 e. The second-order valence-corrected chi connectivity index (χ2v) is 9.83. The Kier molecular flexibility index (Phi) is 7.29. The van der Waals surface area contributed by atoms with Crippen molar-refractivity contribution in [2.75, 3.05) is 31.1 Å². The summed E-state index contributed by atoms with van der Waals surface area (Å²) in [6.45, 7) is 10.3. The van der Waals surface area contributed by atoms with E-state index in [-0.39, 0.29) is 29.2 Å². The first kappa shape index (κ1) is 25.9. The van der Waals surface area contributed by atoms with Crippen molar-refractivity contribution in [3.63, 3.8) is 0 Å². The second kappa shape index (κ2) is 10.4. The van der Waals surface area contributed by atoms with E-state index < -0.39 is 0 Å². The van der Waals surface area contributed by atoms with E-state index in [9.17, 15) is 20.1 Å². The highest BCUT2D eigenvalue weighted by Gasteiger charge is 2.23. The van der Waals surface area contributed by atoms with E-state index in [0.717, 1.165) is 16.8 Å². The first-order valence-corrected chi connectivity index (χ1v) is 12.4. The summed E-state index contributed by atoms with van der Waals surface area (Å²) in [6.07, 6.45) is 0. The van der Waals surface area contributed by atoms with Crippen LogP contribution in [0.5, 0.6) is 17.2 Å². The standard InChI is InChI=1S/C29H34N4O4/c1-17(2)23-15-24(26(35)16-25(23)34)28(30)31-21-7-5-20(6-8-21)29(37)33-11-9-32(10-12-33)22-13-18(3)27(36)19(4)14-22/h5-8,13-17,34-36H,9-12H2,1-4H3,(H2,30,31). The number of nitrogens with two attached hydrogens (primary N) is 1. The van der Waals surface area contributed by atoms with Gasteiger partial charge in [-0.25, -0.2) is 4.99 Å². The van der Waals surface area contributed by atoms with Crippen molar-refractivity contribution >= 4 is 23.1 Å². The third-order valence-corrected chi connectivity index (χ3v) is 6.81. The molecule has 1 aliphatic rings. The number of nitrogens with zero attached hydrogens (tertiary/aromatic N) is 3. The van der Waals surface area contributed by atoms with E-state index in [1.165, 1.54) is 6.07 Å². The average molecular weight is 503 g/mol. The van der Waals surface area contributed by atoms with Crippen LogP contribution in [0.1, 0.15) is 52.4 Å². The van der Waals surface area contributed by atoms with Gasteiger partial charge in [-0.1, -0.05) is 13.8 Å². The van der Waals surface area contributed by atoms with Crippen molar-refractivity contribution in [3.05, 3.63) is 76.3 Å². The Balaban J connectivity index is 1.43. The summed E-state index contributed by atoms with van der Waals surface area (Å²) in [4.78, 5) is 21.6. The second-order valence-electron chi connectivity index (χ2n) is 9.83. The number of aromatic hydroxyl groups is 3. The Labute approximate surface area is 217 Å². The number of hydrogen-bond donors (Lipinski definition) is 4. The Bertz CT molecular complexity index is 1320. The number of phenolic OH excluding ortho intramolecular Hbond substituents is 3. The van der Waals surface area contributed by atoms with Gasteiger partial charge in [0.1, 0.15) is 23.1 Å². The summed E-state index contributed by atoms with van der Waals surface area (Å²) in [5.74, 6) is 0.321. The van der Waals surface area contributed by atoms with Crippen LogP contribution in [0.15, 0.2) is 53.5 Å². The van der Waals surface area contributed by atoms with E-state index in [0.29, 0.717) is 54.3 Å². The molecule has 1 saturated heterocycles. The van der Waals surface area contributed by atoms with Crippen LogP contribution in [-0.4, -0.2) is 58.1 Å². The van der Waals surface area contributed by atoms with Gasteiger partial charge in [0.05, 0.1) is 11.3 Å². The molecule has 3 aromatic carbocycles. The summed E-state index contributed by atoms with van der Waals surface area (Å²) in [5, 5.41) is 30.4. The Hall–Kier alpha value is -4.20. The largest absolute Gasteiger partial charge is 0.508 e. The first-order valence-electron chi connectivity index (χ1n) is 12.4. The number of benzene rings is 3. The first-order chi connectivity index (χ1) is 17.5. The molecule has 4 rings (SSSR count). The molecule has 1 amide bonds. The topological polar surface area (TPSA) is 123 Å². The Morgan fingerprint density at radius 2 is 1.49 bits per heavy atom. The monoisotopic (exact) mass is 502 g/mol. The summed E-state index contributed by atoms with van der Waals surface area (Å²) in [6, 6.07) is 13.8. The zero-order valence-electron chi connectivity index (χ0n) is 21.7. The minimum atomic E-state index is -0.147. The predicted molar refractivity (Wildman–Crippen MR) is 146 cm³/mol. The number of aryl methyl sites for hydroxylation is 2. The normalized spacial score (nSPS) is 14.4. The lowest BCUT2D eigenvalue weighted by Gasteiger charge is -2.36. The minimum absolute atomic E-state index is 0.0149. The lowest BCUT2D eigenvalue weighted by molar-refractivity contribution is 0.0747. The zero-order chi connectivity index (χ0) is 26.9. The molecule has 0 atom stereocenters. The molecule has 0 unspecified atom stereocenters. The van der Waals surface area contributed by atoms with E-state index in [1.807, 2.05) is 44.7 Å². The van der Waals surface area contributed by atoms with Crippen LogP contribution in [0.2, 0.25) is 0 Å². The van der Waals surface area contributed by atoms with Gasteiger partial charge in [0.2, 0.25) is 0 Å². The van der Waals surface area contributed by atoms with Crippen molar-refractivity contribution in [2.45, 2.75) is 33.6 Å². The Morgan fingerprint density at radius 3 is 2.05 bits per heavy atom. The van der Waals surface area contributed by atoms with Crippen molar-refractivity contribution in [1.29, 1.82) is 0 Å². The fourth-order valence-electron chi connectivity index (χ4n) is 4.61. The van der Waals surface area contributed by atoms with Crippen molar-refractivity contribution in [2.24, 2.45) is 10.7 Å². The summed E-state index contributed by atoms with van der Waals surface area (Å²) in [5.41, 5.74) is 11.0. The van der Waals surface area contributed by atoms with Crippen LogP contribution in [-0.2, 0) is 0 Å². The van der Waals surface area contributed by atoms with Gasteiger partial charge in [0.15, 0.2) is 0 Å². The number of piperazine rings is 1. The third kappa shape index (κ3) is 5.48. The number of anilines is 1. The molecular weight excluding hydrogens is 468 g/mol.